The summed E-state index contributed by atoms with van der Waals surface area (Å²) in [5.41, 5.74) is -6.39. The van der Waals surface area contributed by atoms with Crippen molar-refractivity contribution >= 4 is 47.8 Å². The summed E-state index contributed by atoms with van der Waals surface area (Å²) >= 11 is 0. The molecule has 0 saturated carbocycles. The molecule has 16 nitrogen and oxygen atoms in total. The van der Waals surface area contributed by atoms with Crippen LogP contribution in [0.3, 0.4) is 0 Å². The number of hydrogen-bond acceptors (Lipinski definition) is 12. The summed E-state index contributed by atoms with van der Waals surface area (Å²) in [4.78, 5) is 88.4. The highest BCUT2D eigenvalue weighted by molar-refractivity contribution is 6.33. The third-order valence-corrected chi connectivity index (χ3v) is 3.14. The minimum Gasteiger partial charge on any atom is -0.481 e. The summed E-state index contributed by atoms with van der Waals surface area (Å²) in [6, 6.07) is 0. The summed E-state index contributed by atoms with van der Waals surface area (Å²) in [7, 11) is 0. The van der Waals surface area contributed by atoms with Crippen LogP contribution in [0.15, 0.2) is 0 Å². The van der Waals surface area contributed by atoms with Crippen molar-refractivity contribution < 1.29 is 78.5 Å². The van der Waals surface area contributed by atoms with Crippen LogP contribution in [0.1, 0.15) is 25.7 Å². The molecule has 0 saturated heterocycles. The maximum atomic E-state index is 11.4. The Balaban J connectivity index is 5.00. The fourth-order valence-corrected chi connectivity index (χ4v) is 1.77. The normalized spacial score (nSPS) is 14.3. The second-order valence-electron chi connectivity index (χ2n) is 5.69. The maximum Gasteiger partial charge on any atom is 0.425 e. The highest BCUT2D eigenvalue weighted by Crippen LogP contribution is 2.18. The van der Waals surface area contributed by atoms with Gasteiger partial charge in [-0.2, -0.15) is 0 Å². The van der Waals surface area contributed by atoms with Crippen LogP contribution in [-0.2, 0) is 47.8 Å². The van der Waals surface area contributed by atoms with Gasteiger partial charge in [0.1, 0.15) is 0 Å². The molecule has 2 unspecified atom stereocenters. The largest absolute Gasteiger partial charge is 0.481 e. The van der Waals surface area contributed by atoms with Gasteiger partial charge < -0.3 is 40.1 Å². The van der Waals surface area contributed by atoms with Gasteiger partial charge in [0.25, 0.3) is 0 Å². The van der Waals surface area contributed by atoms with E-state index in [0.29, 0.717) is 0 Å². The van der Waals surface area contributed by atoms with Gasteiger partial charge in [-0.05, 0) is 0 Å². The molecule has 0 bridgehead atoms. The molecule has 0 spiro atoms. The van der Waals surface area contributed by atoms with Gasteiger partial charge in [0.15, 0.2) is 11.2 Å². The summed E-state index contributed by atoms with van der Waals surface area (Å²) < 4.78 is 7.58. The molecule has 0 aliphatic heterocycles. The topological polar surface area (TPSA) is 276 Å². The fourth-order valence-electron chi connectivity index (χ4n) is 1.77. The molecule has 2 atom stereocenters. The zero-order chi connectivity index (χ0) is 23.9. The number of carbonyl (C=O) groups is 8. The zero-order valence-corrected chi connectivity index (χ0v) is 14.6. The van der Waals surface area contributed by atoms with Gasteiger partial charge in [-0.1, -0.05) is 0 Å². The highest BCUT2D eigenvalue weighted by atomic mass is 16.6. The van der Waals surface area contributed by atoms with E-state index in [2.05, 4.69) is 9.47 Å². The number of carbonyl (C=O) groups excluding carboxylic acids is 4. The number of carboxylic acid groups (broad SMARTS) is 4. The van der Waals surface area contributed by atoms with Crippen LogP contribution in [0.4, 0.5) is 0 Å². The van der Waals surface area contributed by atoms with Crippen LogP contribution in [0, 0.1) is 0 Å². The van der Waals surface area contributed by atoms with Crippen molar-refractivity contribution in [2.24, 2.45) is 0 Å². The Morgan fingerprint density at radius 2 is 0.800 bits per heavy atom. The monoisotopic (exact) mass is 438 g/mol. The second-order valence-corrected chi connectivity index (χ2v) is 5.69. The molecule has 166 valence electrons. The van der Waals surface area contributed by atoms with Gasteiger partial charge in [-0.15, -0.1) is 0 Å². The van der Waals surface area contributed by atoms with E-state index in [1.165, 1.54) is 0 Å². The third-order valence-electron chi connectivity index (χ3n) is 3.14. The Hall–Kier alpha value is -3.92. The summed E-state index contributed by atoms with van der Waals surface area (Å²) in [6.07, 6.45) is -6.16. The van der Waals surface area contributed by atoms with E-state index in [1.807, 2.05) is 0 Å². The summed E-state index contributed by atoms with van der Waals surface area (Å²) in [5.74, 6) is -16.3. The Morgan fingerprint density at radius 1 is 0.533 bits per heavy atom. The molecule has 0 aromatic rings. The predicted molar refractivity (Wildman–Crippen MR) is 81.1 cm³/mol. The van der Waals surface area contributed by atoms with Crippen molar-refractivity contribution in [3.63, 3.8) is 0 Å². The molecule has 0 aromatic carbocycles. The van der Waals surface area contributed by atoms with E-state index in [1.54, 1.807) is 0 Å². The lowest BCUT2D eigenvalue weighted by molar-refractivity contribution is -0.183. The van der Waals surface area contributed by atoms with Crippen LogP contribution in [-0.4, -0.2) is 89.6 Å². The Labute approximate surface area is 164 Å². The van der Waals surface area contributed by atoms with E-state index in [4.69, 9.17) is 20.4 Å². The molecule has 0 rings (SSSR count). The molecule has 0 aromatic heterocycles. The minimum atomic E-state index is -3.20. The zero-order valence-electron chi connectivity index (χ0n) is 14.6. The van der Waals surface area contributed by atoms with Gasteiger partial charge in [-0.3, -0.25) is 19.2 Å². The number of carboxylic acids is 4. The Bertz CT molecular complexity index is 730. The van der Waals surface area contributed by atoms with E-state index in [9.17, 15) is 48.6 Å². The molecule has 6 N–H and O–H groups in total. The van der Waals surface area contributed by atoms with E-state index in [-0.39, 0.29) is 0 Å². The molecule has 0 heterocycles. The number of aliphatic hydroxyl groups is 2. The molecular formula is C14H14O16. The number of rotatable bonds is 10. The van der Waals surface area contributed by atoms with Gasteiger partial charge in [0.05, 0.1) is 25.7 Å². The second kappa shape index (κ2) is 10.0. The van der Waals surface area contributed by atoms with E-state index < -0.39 is 84.6 Å². The number of aliphatic carboxylic acids is 4. The van der Waals surface area contributed by atoms with Gasteiger partial charge in [0, 0.05) is 0 Å². The van der Waals surface area contributed by atoms with Crippen molar-refractivity contribution in [1.82, 2.24) is 0 Å². The Kier molecular flexibility index (Phi) is 8.72. The molecule has 0 radical (unpaired) electrons. The summed E-state index contributed by atoms with van der Waals surface area (Å²) in [5, 5.41) is 53.7. The van der Waals surface area contributed by atoms with Gasteiger partial charge >= 0.3 is 47.8 Å². The fraction of sp³-hybridized carbons (Fsp3) is 0.429. The van der Waals surface area contributed by atoms with E-state index in [0.717, 1.165) is 0 Å². The standard InChI is InChI=1S/C14H14O16/c15-5(16)1-13(27,11(23)24)3-7(19)29-9(21)10(22)30-8(20)4-14(28,12(25)26)2-6(17)18/h27-28H,1-4H2,(H,15,16)(H,17,18)(H,23,24)(H,25,26). The first kappa shape index (κ1) is 26.1. The van der Waals surface area contributed by atoms with Crippen LogP contribution in [0.25, 0.3) is 0 Å². The molecule has 0 aliphatic carbocycles. The van der Waals surface area contributed by atoms with Crippen LogP contribution in [0.5, 0.6) is 0 Å². The molecule has 0 fully saturated rings. The van der Waals surface area contributed by atoms with Crippen molar-refractivity contribution in [1.29, 1.82) is 0 Å². The molecule has 0 amide bonds. The molecule has 0 aliphatic rings. The maximum absolute atomic E-state index is 11.4. The summed E-state index contributed by atoms with van der Waals surface area (Å²) in [6.45, 7) is 0. The lowest BCUT2D eigenvalue weighted by Crippen LogP contribution is -2.44. The average molecular weight is 438 g/mol. The lowest BCUT2D eigenvalue weighted by atomic mass is 9.96. The lowest BCUT2D eigenvalue weighted by Gasteiger charge is -2.20. The average Bonchev–Trinajstić information content (AvgIpc) is 2.51. The van der Waals surface area contributed by atoms with Gasteiger partial charge in [-0.25, -0.2) is 19.2 Å². The van der Waals surface area contributed by atoms with Crippen molar-refractivity contribution in [3.05, 3.63) is 0 Å². The molecule has 30 heavy (non-hydrogen) atoms. The number of hydrogen-bond donors (Lipinski definition) is 6. The van der Waals surface area contributed by atoms with Crippen molar-refractivity contribution in [2.75, 3.05) is 0 Å². The number of ether oxygens (including phenoxy) is 2. The van der Waals surface area contributed by atoms with E-state index >= 15 is 0 Å². The highest BCUT2D eigenvalue weighted by Gasteiger charge is 2.44. The first-order valence-corrected chi connectivity index (χ1v) is 7.37. The Morgan fingerprint density at radius 3 is 1.00 bits per heavy atom. The van der Waals surface area contributed by atoms with Gasteiger partial charge in [0.2, 0.25) is 0 Å². The predicted octanol–water partition coefficient (Wildman–Crippen LogP) is -3.51. The van der Waals surface area contributed by atoms with Crippen LogP contribution in [0.2, 0.25) is 0 Å². The number of esters is 4. The quantitative estimate of drug-likeness (QED) is 0.109. The first-order valence-electron chi connectivity index (χ1n) is 7.37. The minimum absolute atomic E-state index is 1.48. The smallest absolute Gasteiger partial charge is 0.425 e. The molecular weight excluding hydrogens is 424 g/mol. The van der Waals surface area contributed by atoms with Crippen molar-refractivity contribution in [2.45, 2.75) is 36.9 Å². The van der Waals surface area contributed by atoms with Crippen LogP contribution < -0.4 is 0 Å². The third kappa shape index (κ3) is 7.98. The van der Waals surface area contributed by atoms with Crippen molar-refractivity contribution in [3.8, 4) is 0 Å². The SMILES string of the molecule is O=C(O)CC(O)(CC(=O)OC(=O)C(=O)OC(=O)CC(O)(CC(=O)O)C(=O)O)C(=O)O. The first-order chi connectivity index (χ1) is 13.5. The molecule has 16 heteroatoms. The van der Waals surface area contributed by atoms with Crippen LogP contribution >= 0.6 is 0 Å².